The Balaban J connectivity index is 1.84. The zero-order chi connectivity index (χ0) is 13.0. The van der Waals surface area contributed by atoms with E-state index >= 15 is 0 Å². The van der Waals surface area contributed by atoms with Crippen molar-refractivity contribution in [3.05, 3.63) is 35.4 Å². The minimum absolute atomic E-state index is 0.227. The molecule has 1 heterocycles. The smallest absolute Gasteiger partial charge is 0.160 e. The molecule has 0 bridgehead atoms. The maximum absolute atomic E-state index is 9.98. The van der Waals surface area contributed by atoms with Crippen LogP contribution in [0, 0.1) is 0 Å². The van der Waals surface area contributed by atoms with Gasteiger partial charge in [0.1, 0.15) is 0 Å². The molecule has 1 N–H and O–H groups in total. The van der Waals surface area contributed by atoms with Gasteiger partial charge in [-0.1, -0.05) is 38.1 Å². The van der Waals surface area contributed by atoms with Crippen molar-refractivity contribution in [1.82, 2.24) is 0 Å². The fraction of sp³-hybridized carbons (Fsp3) is 0.600. The number of rotatable bonds is 5. The van der Waals surface area contributed by atoms with Crippen LogP contribution in [-0.4, -0.2) is 30.7 Å². The van der Waals surface area contributed by atoms with Crippen LogP contribution in [0.4, 0.5) is 0 Å². The third-order valence-electron chi connectivity index (χ3n) is 3.27. The van der Waals surface area contributed by atoms with Crippen LogP contribution in [-0.2, 0) is 15.9 Å². The molecule has 0 saturated carbocycles. The average Bonchev–Trinajstić information content (AvgIpc) is 2.82. The fourth-order valence-corrected chi connectivity index (χ4v) is 2.16. The molecule has 0 aromatic heterocycles. The van der Waals surface area contributed by atoms with E-state index in [1.165, 1.54) is 5.56 Å². The molecular formula is C15H22O3. The minimum Gasteiger partial charge on any atom is -0.393 e. The summed E-state index contributed by atoms with van der Waals surface area (Å²) >= 11 is 0. The van der Waals surface area contributed by atoms with E-state index < -0.39 is 6.10 Å². The monoisotopic (exact) mass is 250 g/mol. The zero-order valence-electron chi connectivity index (χ0n) is 11.1. The van der Waals surface area contributed by atoms with Gasteiger partial charge in [0, 0.05) is 6.42 Å². The highest BCUT2D eigenvalue weighted by atomic mass is 16.7. The standard InChI is InChI=1S/C15H22O3/c1-11(2)13-5-3-12(4-6-13)9-14(16)10-15-17-7-8-18-15/h3-6,11,14-16H,7-10H2,1-2H3. The van der Waals surface area contributed by atoms with E-state index in [4.69, 9.17) is 9.47 Å². The van der Waals surface area contributed by atoms with Gasteiger partial charge < -0.3 is 14.6 Å². The lowest BCUT2D eigenvalue weighted by atomic mass is 9.99. The second kappa shape index (κ2) is 6.32. The van der Waals surface area contributed by atoms with Gasteiger partial charge in [-0.25, -0.2) is 0 Å². The maximum atomic E-state index is 9.98. The number of ether oxygens (including phenoxy) is 2. The van der Waals surface area contributed by atoms with Crippen molar-refractivity contribution in [1.29, 1.82) is 0 Å². The molecule has 18 heavy (non-hydrogen) atoms. The van der Waals surface area contributed by atoms with Crippen LogP contribution in [0.25, 0.3) is 0 Å². The lowest BCUT2D eigenvalue weighted by Crippen LogP contribution is -2.20. The first kappa shape index (κ1) is 13.5. The molecule has 3 nitrogen and oxygen atoms in total. The molecule has 3 heteroatoms. The zero-order valence-corrected chi connectivity index (χ0v) is 11.1. The Bertz CT molecular complexity index is 353. The second-order valence-electron chi connectivity index (χ2n) is 5.16. The largest absolute Gasteiger partial charge is 0.393 e. The third kappa shape index (κ3) is 3.80. The molecule has 1 fully saturated rings. The highest BCUT2D eigenvalue weighted by Gasteiger charge is 2.20. The van der Waals surface area contributed by atoms with E-state index in [2.05, 4.69) is 38.1 Å². The molecule has 100 valence electrons. The van der Waals surface area contributed by atoms with Crippen molar-refractivity contribution in [3.8, 4) is 0 Å². The van der Waals surface area contributed by atoms with E-state index in [1.54, 1.807) is 0 Å². The van der Waals surface area contributed by atoms with Crippen LogP contribution in [0.3, 0.4) is 0 Å². The van der Waals surface area contributed by atoms with Gasteiger partial charge in [-0.2, -0.15) is 0 Å². The van der Waals surface area contributed by atoms with E-state index in [9.17, 15) is 5.11 Å². The summed E-state index contributed by atoms with van der Waals surface area (Å²) in [4.78, 5) is 0. The molecule has 1 unspecified atom stereocenters. The first-order valence-electron chi connectivity index (χ1n) is 6.65. The van der Waals surface area contributed by atoms with Crippen molar-refractivity contribution in [3.63, 3.8) is 0 Å². The Labute approximate surface area is 109 Å². The molecular weight excluding hydrogens is 228 g/mol. The molecule has 0 aliphatic carbocycles. The van der Waals surface area contributed by atoms with Crippen LogP contribution < -0.4 is 0 Å². The predicted molar refractivity (Wildman–Crippen MR) is 70.6 cm³/mol. The minimum atomic E-state index is -0.405. The van der Waals surface area contributed by atoms with E-state index in [1.807, 2.05) is 0 Å². The average molecular weight is 250 g/mol. The fourth-order valence-electron chi connectivity index (χ4n) is 2.16. The van der Waals surface area contributed by atoms with E-state index in [-0.39, 0.29) is 6.29 Å². The number of hydrogen-bond donors (Lipinski definition) is 1. The summed E-state index contributed by atoms with van der Waals surface area (Å²) in [6, 6.07) is 8.45. The first-order chi connectivity index (χ1) is 8.65. The van der Waals surface area contributed by atoms with Gasteiger partial charge in [0.05, 0.1) is 19.3 Å². The lowest BCUT2D eigenvalue weighted by molar-refractivity contribution is -0.0698. The highest BCUT2D eigenvalue weighted by Crippen LogP contribution is 2.17. The van der Waals surface area contributed by atoms with Gasteiger partial charge in [0.15, 0.2) is 6.29 Å². The van der Waals surface area contributed by atoms with Gasteiger partial charge in [-0.15, -0.1) is 0 Å². The van der Waals surface area contributed by atoms with Crippen LogP contribution in [0.15, 0.2) is 24.3 Å². The molecule has 0 spiro atoms. The molecule has 2 rings (SSSR count). The predicted octanol–water partition coefficient (Wildman–Crippen LogP) is 2.48. The topological polar surface area (TPSA) is 38.7 Å². The van der Waals surface area contributed by atoms with Crippen molar-refractivity contribution in [2.24, 2.45) is 0 Å². The van der Waals surface area contributed by atoms with Crippen LogP contribution in [0.5, 0.6) is 0 Å². The SMILES string of the molecule is CC(C)c1ccc(CC(O)CC2OCCO2)cc1. The molecule has 1 aliphatic heterocycles. The summed E-state index contributed by atoms with van der Waals surface area (Å²) in [6.45, 7) is 5.64. The van der Waals surface area contributed by atoms with Crippen molar-refractivity contribution in [2.45, 2.75) is 45.0 Å². The normalized spacial score (nSPS) is 18.4. The van der Waals surface area contributed by atoms with Gasteiger partial charge in [-0.05, 0) is 23.5 Å². The van der Waals surface area contributed by atoms with E-state index in [0.29, 0.717) is 32.0 Å². The number of aliphatic hydroxyl groups excluding tert-OH is 1. The Morgan fingerprint density at radius 1 is 1.17 bits per heavy atom. The number of aliphatic hydroxyl groups is 1. The Hall–Kier alpha value is -0.900. The third-order valence-corrected chi connectivity index (χ3v) is 3.27. The molecule has 1 saturated heterocycles. The van der Waals surface area contributed by atoms with Crippen molar-refractivity contribution in [2.75, 3.05) is 13.2 Å². The summed E-state index contributed by atoms with van der Waals surface area (Å²) in [5.74, 6) is 0.546. The van der Waals surface area contributed by atoms with Crippen molar-refractivity contribution >= 4 is 0 Å². The Morgan fingerprint density at radius 2 is 1.78 bits per heavy atom. The van der Waals surface area contributed by atoms with Crippen LogP contribution in [0.1, 0.15) is 37.3 Å². The summed E-state index contributed by atoms with van der Waals surface area (Å²) in [7, 11) is 0. The van der Waals surface area contributed by atoms with Gasteiger partial charge in [0.25, 0.3) is 0 Å². The molecule has 1 aliphatic rings. The number of hydrogen-bond acceptors (Lipinski definition) is 3. The quantitative estimate of drug-likeness (QED) is 0.872. The number of benzene rings is 1. The van der Waals surface area contributed by atoms with Gasteiger partial charge >= 0.3 is 0 Å². The van der Waals surface area contributed by atoms with Gasteiger partial charge in [-0.3, -0.25) is 0 Å². The maximum Gasteiger partial charge on any atom is 0.160 e. The summed E-state index contributed by atoms with van der Waals surface area (Å²) in [5.41, 5.74) is 2.49. The first-order valence-corrected chi connectivity index (χ1v) is 6.65. The summed E-state index contributed by atoms with van der Waals surface area (Å²) < 4.78 is 10.7. The lowest BCUT2D eigenvalue weighted by Gasteiger charge is -2.15. The molecule has 1 atom stereocenters. The van der Waals surface area contributed by atoms with Crippen LogP contribution >= 0.6 is 0 Å². The molecule has 0 radical (unpaired) electrons. The summed E-state index contributed by atoms with van der Waals surface area (Å²) in [6.07, 6.45) is 0.570. The van der Waals surface area contributed by atoms with Crippen LogP contribution in [0.2, 0.25) is 0 Å². The highest BCUT2D eigenvalue weighted by molar-refractivity contribution is 5.25. The van der Waals surface area contributed by atoms with E-state index in [0.717, 1.165) is 5.56 Å². The molecule has 0 amide bonds. The Morgan fingerprint density at radius 3 is 2.33 bits per heavy atom. The Kier molecular flexibility index (Phi) is 4.75. The van der Waals surface area contributed by atoms with Gasteiger partial charge in [0.2, 0.25) is 0 Å². The van der Waals surface area contributed by atoms with Crippen molar-refractivity contribution < 1.29 is 14.6 Å². The summed E-state index contributed by atoms with van der Waals surface area (Å²) in [5, 5.41) is 9.98. The molecule has 1 aromatic carbocycles. The second-order valence-corrected chi connectivity index (χ2v) is 5.16. The molecule has 1 aromatic rings.